The summed E-state index contributed by atoms with van der Waals surface area (Å²) >= 11 is 3.34. The first-order valence-corrected chi connectivity index (χ1v) is 9.65. The van der Waals surface area contributed by atoms with Crippen LogP contribution in [0.5, 0.6) is 11.5 Å². The van der Waals surface area contributed by atoms with Gasteiger partial charge >= 0.3 is 6.61 Å². The van der Waals surface area contributed by atoms with Gasteiger partial charge in [0.25, 0.3) is 5.91 Å². The van der Waals surface area contributed by atoms with Crippen LogP contribution in [0.15, 0.2) is 53.1 Å². The van der Waals surface area contributed by atoms with Gasteiger partial charge < -0.3 is 14.8 Å². The molecule has 0 fully saturated rings. The molecule has 3 aromatic rings. The third-order valence-corrected chi connectivity index (χ3v) is 4.51. The van der Waals surface area contributed by atoms with E-state index in [0.29, 0.717) is 11.0 Å². The number of anilines is 1. The second-order valence-electron chi connectivity index (χ2n) is 6.08. The summed E-state index contributed by atoms with van der Waals surface area (Å²) < 4.78 is 49.9. The van der Waals surface area contributed by atoms with Gasteiger partial charge in [-0.1, -0.05) is 12.1 Å². The van der Waals surface area contributed by atoms with E-state index in [0.717, 1.165) is 5.56 Å². The average molecular weight is 484 g/mol. The summed E-state index contributed by atoms with van der Waals surface area (Å²) in [7, 11) is 0. The van der Waals surface area contributed by atoms with E-state index in [4.69, 9.17) is 4.74 Å². The van der Waals surface area contributed by atoms with Gasteiger partial charge in [-0.3, -0.25) is 9.48 Å². The number of benzene rings is 2. The Balaban J connectivity index is 1.74. The molecular formula is C20H17BrF3N3O3. The third-order valence-electron chi connectivity index (χ3n) is 3.93. The van der Waals surface area contributed by atoms with E-state index >= 15 is 0 Å². The molecule has 158 valence electrons. The summed E-state index contributed by atoms with van der Waals surface area (Å²) in [4.78, 5) is 12.6. The molecule has 0 aliphatic carbocycles. The maximum atomic E-state index is 13.0. The molecule has 1 aromatic heterocycles. The fourth-order valence-corrected chi connectivity index (χ4v) is 3.05. The molecular weight excluding hydrogens is 467 g/mol. The molecule has 0 radical (unpaired) electrons. The molecule has 0 bridgehead atoms. The lowest BCUT2D eigenvalue weighted by Crippen LogP contribution is -2.14. The van der Waals surface area contributed by atoms with Crippen molar-refractivity contribution in [1.82, 2.24) is 9.78 Å². The lowest BCUT2D eigenvalue weighted by Gasteiger charge is -2.12. The number of carbonyl (C=O) groups is 1. The normalized spacial score (nSPS) is 10.9. The van der Waals surface area contributed by atoms with Gasteiger partial charge in [-0.25, -0.2) is 4.39 Å². The van der Waals surface area contributed by atoms with Crippen LogP contribution < -0.4 is 14.8 Å². The van der Waals surface area contributed by atoms with Gasteiger partial charge in [0.1, 0.15) is 5.82 Å². The van der Waals surface area contributed by atoms with Gasteiger partial charge in [-0.2, -0.15) is 13.9 Å². The molecule has 0 spiro atoms. The molecule has 1 heterocycles. The summed E-state index contributed by atoms with van der Waals surface area (Å²) in [6.45, 7) is -0.735. The summed E-state index contributed by atoms with van der Waals surface area (Å²) in [5.41, 5.74) is 1.01. The second kappa shape index (κ2) is 9.66. The van der Waals surface area contributed by atoms with E-state index in [1.807, 2.05) is 0 Å². The number of ether oxygens (including phenoxy) is 2. The standard InChI is InChI=1S/C20H17BrF3N3O3/c1-2-29-17-9-13(5-8-16(17)30-20(23)24)19(28)25-18-15(21)11-27(26-18)10-12-3-6-14(22)7-4-12/h3-9,11,20H,2,10H2,1H3,(H,25,26,28). The number of rotatable bonds is 8. The lowest BCUT2D eigenvalue weighted by molar-refractivity contribution is -0.0514. The van der Waals surface area contributed by atoms with Crippen LogP contribution in [0.1, 0.15) is 22.8 Å². The number of nitrogens with one attached hydrogen (secondary N) is 1. The lowest BCUT2D eigenvalue weighted by atomic mass is 10.2. The average Bonchev–Trinajstić information content (AvgIpc) is 3.03. The van der Waals surface area contributed by atoms with Crippen molar-refractivity contribution in [2.24, 2.45) is 0 Å². The third kappa shape index (κ3) is 5.53. The maximum Gasteiger partial charge on any atom is 0.387 e. The van der Waals surface area contributed by atoms with Crippen molar-refractivity contribution >= 4 is 27.7 Å². The molecule has 0 atom stereocenters. The van der Waals surface area contributed by atoms with Gasteiger partial charge in [-0.15, -0.1) is 0 Å². The Hall–Kier alpha value is -3.01. The minimum atomic E-state index is -3.01. The first kappa shape index (κ1) is 21.7. The Labute approximate surface area is 178 Å². The maximum absolute atomic E-state index is 13.0. The number of alkyl halides is 2. The summed E-state index contributed by atoms with van der Waals surface area (Å²) in [5.74, 6) is -0.690. The van der Waals surface area contributed by atoms with Gasteiger partial charge in [0, 0.05) is 11.8 Å². The van der Waals surface area contributed by atoms with E-state index in [1.54, 1.807) is 29.9 Å². The topological polar surface area (TPSA) is 65.4 Å². The zero-order valence-electron chi connectivity index (χ0n) is 15.7. The number of amides is 1. The quantitative estimate of drug-likeness (QED) is 0.484. The van der Waals surface area contributed by atoms with Gasteiger partial charge in [0.15, 0.2) is 17.3 Å². The van der Waals surface area contributed by atoms with Crippen LogP contribution in [0.4, 0.5) is 19.0 Å². The Kier molecular flexibility index (Phi) is 6.99. The first-order valence-electron chi connectivity index (χ1n) is 8.86. The molecule has 3 rings (SSSR count). The first-order chi connectivity index (χ1) is 14.4. The van der Waals surface area contributed by atoms with E-state index in [1.165, 1.54) is 30.3 Å². The summed E-state index contributed by atoms with van der Waals surface area (Å²) in [5, 5.41) is 6.95. The number of hydrogen-bond donors (Lipinski definition) is 1. The number of nitrogens with zero attached hydrogens (tertiary/aromatic N) is 2. The van der Waals surface area contributed by atoms with Crippen molar-refractivity contribution in [3.05, 3.63) is 70.1 Å². The molecule has 0 saturated carbocycles. The van der Waals surface area contributed by atoms with Crippen LogP contribution in [0.3, 0.4) is 0 Å². The van der Waals surface area contributed by atoms with E-state index in [9.17, 15) is 18.0 Å². The molecule has 0 unspecified atom stereocenters. The van der Waals surface area contributed by atoms with Crippen molar-refractivity contribution < 1.29 is 27.4 Å². The van der Waals surface area contributed by atoms with Crippen LogP contribution in [0.25, 0.3) is 0 Å². The Morgan fingerprint density at radius 1 is 1.20 bits per heavy atom. The van der Waals surface area contributed by atoms with Crippen LogP contribution >= 0.6 is 15.9 Å². The largest absolute Gasteiger partial charge is 0.490 e. The molecule has 30 heavy (non-hydrogen) atoms. The predicted molar refractivity (Wildman–Crippen MR) is 108 cm³/mol. The molecule has 0 aliphatic heterocycles. The van der Waals surface area contributed by atoms with Crippen molar-refractivity contribution in [1.29, 1.82) is 0 Å². The number of halogens is 4. The van der Waals surface area contributed by atoms with Crippen molar-refractivity contribution in [2.75, 3.05) is 11.9 Å². The Morgan fingerprint density at radius 2 is 1.93 bits per heavy atom. The predicted octanol–water partition coefficient (Wildman–Crippen LogP) is 5.09. The highest BCUT2D eigenvalue weighted by atomic mass is 79.9. The zero-order chi connectivity index (χ0) is 21.7. The van der Waals surface area contributed by atoms with Crippen LogP contribution in [0, 0.1) is 5.82 Å². The van der Waals surface area contributed by atoms with Gasteiger partial charge in [0.05, 0.1) is 17.6 Å². The summed E-state index contributed by atoms with van der Waals surface area (Å²) in [6.07, 6.45) is 1.67. The Morgan fingerprint density at radius 3 is 2.60 bits per heavy atom. The number of aromatic nitrogens is 2. The summed E-state index contributed by atoms with van der Waals surface area (Å²) in [6, 6.07) is 9.90. The SMILES string of the molecule is CCOc1cc(C(=O)Nc2nn(Cc3ccc(F)cc3)cc2Br)ccc1OC(F)F. The highest BCUT2D eigenvalue weighted by Gasteiger charge is 2.17. The number of carbonyl (C=O) groups excluding carboxylic acids is 1. The molecule has 1 amide bonds. The van der Waals surface area contributed by atoms with Crippen molar-refractivity contribution in [2.45, 2.75) is 20.1 Å². The van der Waals surface area contributed by atoms with Crippen LogP contribution in [0.2, 0.25) is 0 Å². The molecule has 6 nitrogen and oxygen atoms in total. The molecule has 0 aliphatic rings. The monoisotopic (exact) mass is 483 g/mol. The molecule has 10 heteroatoms. The van der Waals surface area contributed by atoms with Crippen molar-refractivity contribution in [3.8, 4) is 11.5 Å². The molecule has 2 aromatic carbocycles. The molecule has 1 N–H and O–H groups in total. The molecule has 0 saturated heterocycles. The van der Waals surface area contributed by atoms with Crippen LogP contribution in [-0.2, 0) is 6.54 Å². The fraction of sp³-hybridized carbons (Fsp3) is 0.200. The van der Waals surface area contributed by atoms with E-state index in [-0.39, 0.29) is 35.3 Å². The number of hydrogen-bond acceptors (Lipinski definition) is 4. The van der Waals surface area contributed by atoms with Gasteiger partial charge in [-0.05, 0) is 58.7 Å². The van der Waals surface area contributed by atoms with E-state index < -0.39 is 12.5 Å². The zero-order valence-corrected chi connectivity index (χ0v) is 17.3. The minimum Gasteiger partial charge on any atom is -0.490 e. The van der Waals surface area contributed by atoms with E-state index in [2.05, 4.69) is 31.1 Å². The fourth-order valence-electron chi connectivity index (χ4n) is 2.63. The minimum absolute atomic E-state index is 0.0337. The highest BCUT2D eigenvalue weighted by molar-refractivity contribution is 9.10. The smallest absolute Gasteiger partial charge is 0.387 e. The van der Waals surface area contributed by atoms with Crippen molar-refractivity contribution in [3.63, 3.8) is 0 Å². The second-order valence-corrected chi connectivity index (χ2v) is 6.93. The Bertz CT molecular complexity index is 1030. The van der Waals surface area contributed by atoms with Gasteiger partial charge in [0.2, 0.25) is 0 Å². The highest BCUT2D eigenvalue weighted by Crippen LogP contribution is 2.30. The van der Waals surface area contributed by atoms with Crippen LogP contribution in [-0.4, -0.2) is 28.9 Å².